The minimum absolute atomic E-state index is 0.0736. The highest BCUT2D eigenvalue weighted by Gasteiger charge is 2.42. The van der Waals surface area contributed by atoms with Gasteiger partial charge in [-0.25, -0.2) is 0 Å². The summed E-state index contributed by atoms with van der Waals surface area (Å²) in [5, 5.41) is 21.1. The molecule has 0 saturated carbocycles. The molecule has 2 saturated heterocycles. The van der Waals surface area contributed by atoms with Gasteiger partial charge < -0.3 is 92.5 Å². The van der Waals surface area contributed by atoms with Gasteiger partial charge in [-0.15, -0.1) is 0 Å². The number of hydrogen-bond donors (Lipinski definition) is 15. The van der Waals surface area contributed by atoms with Crippen molar-refractivity contribution in [1.82, 2.24) is 52.3 Å². The average molecular weight is 1350 g/mol. The van der Waals surface area contributed by atoms with E-state index in [1.54, 1.807) is 60.7 Å². The Morgan fingerprint density at radius 1 is 0.537 bits per heavy atom. The van der Waals surface area contributed by atoms with Crippen LogP contribution in [-0.4, -0.2) is 198 Å². The van der Waals surface area contributed by atoms with Crippen molar-refractivity contribution in [2.45, 2.75) is 183 Å². The Bertz CT molecular complexity index is 2960. The first-order valence-corrected chi connectivity index (χ1v) is 33.6. The van der Waals surface area contributed by atoms with E-state index in [0.717, 1.165) is 0 Å². The smallest absolute Gasteiger partial charge is 0.245 e. The standard InChI is InChI=1S/C63H98N18O13S/c1-37(2)33-45(57(89)74-41(53(68)85)27-32-95-3)73-52(84)36-72-54(86)46(34-38-15-6-4-7-16-38)78-58(90)47(35-39-17-8-5-9-18-39)79-56(88)42(23-25-50(66)82)75-55(87)43(24-26-51(67)83)76-59(91)49-22-14-31-81(49)62(94)44(20-10-11-28-64)77-60(92)48-21-13-30-80(48)61(93)40(65)19-12-29-71-63(69)70/h4-9,15-18,37,40-49H,10-14,19-36,64-65H2,1-3H3,(H2,66,82)(H2,67,83)(H2,68,85)(H,72,86)(H,73,84)(H,74,89)(H,75,87)(H,76,91)(H,77,92)(H,78,90)(H,79,88)(H4,69,70,71)/t40-,41+,42+,43+,44-,45-,46-,47+,48+,49+/m1/s1. The molecule has 10 atom stereocenters. The largest absolute Gasteiger partial charge is 0.370 e. The van der Waals surface area contributed by atoms with Gasteiger partial charge in [0.2, 0.25) is 76.8 Å². The Morgan fingerprint density at radius 3 is 1.51 bits per heavy atom. The van der Waals surface area contributed by atoms with E-state index in [4.69, 9.17) is 40.1 Å². The van der Waals surface area contributed by atoms with Crippen LogP contribution in [0, 0.1) is 5.92 Å². The highest BCUT2D eigenvalue weighted by Crippen LogP contribution is 2.24. The van der Waals surface area contributed by atoms with Crippen molar-refractivity contribution in [3.63, 3.8) is 0 Å². The Morgan fingerprint density at radius 2 is 1.01 bits per heavy atom. The predicted octanol–water partition coefficient (Wildman–Crippen LogP) is -3.71. The van der Waals surface area contributed by atoms with E-state index < -0.39 is 169 Å². The maximum absolute atomic E-state index is 14.7. The summed E-state index contributed by atoms with van der Waals surface area (Å²) in [6.45, 7) is 3.86. The van der Waals surface area contributed by atoms with Crippen molar-refractivity contribution < 1.29 is 62.3 Å². The third kappa shape index (κ3) is 27.5. The summed E-state index contributed by atoms with van der Waals surface area (Å²) >= 11 is 1.45. The molecular formula is C63H98N18O13S. The number of unbranched alkanes of at least 4 members (excludes halogenated alkanes) is 1. The van der Waals surface area contributed by atoms with Gasteiger partial charge in [0.1, 0.15) is 54.4 Å². The lowest BCUT2D eigenvalue weighted by Crippen LogP contribution is -2.60. The molecule has 31 nitrogen and oxygen atoms in total. The van der Waals surface area contributed by atoms with Gasteiger partial charge >= 0.3 is 0 Å². The first kappa shape index (κ1) is 78.5. The van der Waals surface area contributed by atoms with Gasteiger partial charge in [0.25, 0.3) is 0 Å². The third-order valence-electron chi connectivity index (χ3n) is 16.0. The molecule has 2 aromatic carbocycles. The van der Waals surface area contributed by atoms with Crippen LogP contribution in [0.5, 0.6) is 0 Å². The van der Waals surface area contributed by atoms with E-state index in [0.29, 0.717) is 55.4 Å². The number of nitrogens with two attached hydrogens (primary N) is 7. The number of amides is 13. The second kappa shape index (κ2) is 41.0. The molecule has 0 aromatic heterocycles. The Kier molecular flexibility index (Phi) is 33.9. The number of nitrogens with one attached hydrogen (secondary N) is 8. The number of primary amides is 3. The molecule has 0 radical (unpaired) electrons. The second-order valence-electron chi connectivity index (χ2n) is 24.1. The fourth-order valence-electron chi connectivity index (χ4n) is 11.0. The van der Waals surface area contributed by atoms with Crippen LogP contribution >= 0.6 is 11.8 Å². The van der Waals surface area contributed by atoms with Gasteiger partial charge in [0, 0.05) is 45.3 Å². The number of nitrogens with zero attached hydrogens (tertiary/aromatic N) is 3. The van der Waals surface area contributed by atoms with Crippen LogP contribution < -0.4 is 82.7 Å². The monoisotopic (exact) mass is 1350 g/mol. The number of likely N-dealkylation sites (tertiary alicyclic amines) is 2. The molecule has 95 heavy (non-hydrogen) atoms. The molecule has 22 N–H and O–H groups in total. The van der Waals surface area contributed by atoms with Gasteiger partial charge in [-0.1, -0.05) is 74.5 Å². The number of benzene rings is 2. The number of carbonyl (C=O) groups is 13. The van der Waals surface area contributed by atoms with Crippen LogP contribution in [0.2, 0.25) is 0 Å². The zero-order chi connectivity index (χ0) is 70.1. The minimum Gasteiger partial charge on any atom is -0.370 e. The van der Waals surface area contributed by atoms with Gasteiger partial charge in [-0.3, -0.25) is 67.3 Å². The minimum atomic E-state index is -1.64. The fraction of sp³-hybridized carbons (Fsp3) is 0.587. The molecule has 524 valence electrons. The Balaban J connectivity index is 1.56. The van der Waals surface area contributed by atoms with Crippen LogP contribution in [0.25, 0.3) is 0 Å². The molecule has 2 aromatic rings. The lowest BCUT2D eigenvalue weighted by molar-refractivity contribution is -0.144. The summed E-state index contributed by atoms with van der Waals surface area (Å²) in [5.41, 5.74) is 40.6. The number of aliphatic imine (C=N–C) groups is 1. The maximum Gasteiger partial charge on any atom is 0.245 e. The number of hydrogen-bond acceptors (Lipinski definition) is 17. The molecule has 0 unspecified atom stereocenters. The first-order chi connectivity index (χ1) is 45.2. The average Bonchev–Trinajstić information content (AvgIpc) is 1.74. The predicted molar refractivity (Wildman–Crippen MR) is 356 cm³/mol. The Labute approximate surface area is 558 Å². The quantitative estimate of drug-likeness (QED) is 0.0173. The number of carbonyl (C=O) groups excluding carboxylic acids is 13. The van der Waals surface area contributed by atoms with Gasteiger partial charge in [-0.05, 0) is 119 Å². The molecular weight excluding hydrogens is 1250 g/mol. The summed E-state index contributed by atoms with van der Waals surface area (Å²) in [6, 6.07) is 4.51. The van der Waals surface area contributed by atoms with Crippen LogP contribution in [-0.2, 0) is 75.2 Å². The van der Waals surface area contributed by atoms with E-state index in [1.165, 1.54) is 21.6 Å². The summed E-state index contributed by atoms with van der Waals surface area (Å²) < 4.78 is 0. The van der Waals surface area contributed by atoms with Crippen molar-refractivity contribution in [2.24, 2.45) is 51.0 Å². The zero-order valence-corrected chi connectivity index (χ0v) is 55.3. The van der Waals surface area contributed by atoms with E-state index >= 15 is 0 Å². The van der Waals surface area contributed by atoms with Crippen molar-refractivity contribution in [3.8, 4) is 0 Å². The fourth-order valence-corrected chi connectivity index (χ4v) is 11.5. The number of thioether (sulfide) groups is 1. The summed E-state index contributed by atoms with van der Waals surface area (Å²) in [5.74, 6) is -9.80. The third-order valence-corrected chi connectivity index (χ3v) is 16.7. The second-order valence-corrected chi connectivity index (χ2v) is 25.1. The van der Waals surface area contributed by atoms with Crippen LogP contribution in [0.15, 0.2) is 65.7 Å². The molecule has 2 aliphatic rings. The van der Waals surface area contributed by atoms with Crippen molar-refractivity contribution in [1.29, 1.82) is 0 Å². The van der Waals surface area contributed by atoms with Gasteiger partial charge in [0.05, 0.1) is 12.6 Å². The van der Waals surface area contributed by atoms with E-state index in [9.17, 15) is 62.3 Å². The highest BCUT2D eigenvalue weighted by molar-refractivity contribution is 7.98. The first-order valence-electron chi connectivity index (χ1n) is 32.2. The number of rotatable bonds is 42. The molecule has 0 aliphatic carbocycles. The summed E-state index contributed by atoms with van der Waals surface area (Å²) in [6.07, 6.45) is 3.12. The summed E-state index contributed by atoms with van der Waals surface area (Å²) in [7, 11) is 0. The van der Waals surface area contributed by atoms with E-state index in [2.05, 4.69) is 47.5 Å². The lowest BCUT2D eigenvalue weighted by atomic mass is 10.0. The molecule has 13 amide bonds. The molecule has 32 heteroatoms. The maximum atomic E-state index is 14.7. The van der Waals surface area contributed by atoms with Crippen LogP contribution in [0.1, 0.15) is 121 Å². The lowest BCUT2D eigenvalue weighted by Gasteiger charge is -2.32. The van der Waals surface area contributed by atoms with Crippen molar-refractivity contribution in [3.05, 3.63) is 71.8 Å². The van der Waals surface area contributed by atoms with Gasteiger partial charge in [0.15, 0.2) is 5.96 Å². The van der Waals surface area contributed by atoms with Crippen molar-refractivity contribution in [2.75, 3.05) is 44.7 Å². The zero-order valence-electron chi connectivity index (χ0n) is 54.5. The van der Waals surface area contributed by atoms with Crippen LogP contribution in [0.4, 0.5) is 0 Å². The molecule has 0 spiro atoms. The molecule has 2 aliphatic heterocycles. The SMILES string of the molecule is CSCC[C@H](NC(=O)[C@@H](CC(C)C)NC(=O)CNC(=O)[C@@H](Cc1ccccc1)NC(=O)[C@H](Cc1ccccc1)NC(=O)[C@H](CCC(N)=O)NC(=O)[C@H](CCC(N)=O)NC(=O)[C@@H]1CCCN1C(=O)[C@@H](CCCCN)NC(=O)[C@@H]1CCCN1C(=O)[C@H](N)CCCN=C(N)N)C(N)=O. The molecule has 2 heterocycles. The molecule has 0 bridgehead atoms. The molecule has 4 rings (SSSR count). The number of guanidine groups is 1. The van der Waals surface area contributed by atoms with Gasteiger partial charge in [-0.2, -0.15) is 11.8 Å². The topological polar surface area (TPSA) is 519 Å². The summed E-state index contributed by atoms with van der Waals surface area (Å²) in [4.78, 5) is 185. The molecule has 2 fully saturated rings. The van der Waals surface area contributed by atoms with Crippen molar-refractivity contribution >= 4 is 94.5 Å². The Hall–Kier alpha value is -8.91. The van der Waals surface area contributed by atoms with E-state index in [-0.39, 0.29) is 83.0 Å². The van der Waals surface area contributed by atoms with E-state index in [1.807, 2.05) is 20.1 Å². The van der Waals surface area contributed by atoms with Crippen LogP contribution in [0.3, 0.4) is 0 Å². The normalized spacial score (nSPS) is 16.8. The highest BCUT2D eigenvalue weighted by atomic mass is 32.2.